The second-order valence-corrected chi connectivity index (χ2v) is 4.43. The van der Waals surface area contributed by atoms with E-state index >= 15 is 0 Å². The van der Waals surface area contributed by atoms with E-state index in [0.29, 0.717) is 25.7 Å². The van der Waals surface area contributed by atoms with Crippen LogP contribution in [-0.4, -0.2) is 62.8 Å². The first-order chi connectivity index (χ1) is 7.61. The van der Waals surface area contributed by atoms with Crippen molar-refractivity contribution in [1.29, 1.82) is 0 Å². The van der Waals surface area contributed by atoms with E-state index in [0.717, 1.165) is 13.1 Å². The Morgan fingerprint density at radius 3 is 2.94 bits per heavy atom. The SMILES string of the molecule is CC(C)N(C)CCNC(=O)C1CNCCO1. The van der Waals surface area contributed by atoms with Gasteiger partial charge in [0, 0.05) is 32.2 Å². The minimum atomic E-state index is -0.321. The molecule has 1 amide bonds. The molecule has 1 aliphatic rings. The average molecular weight is 229 g/mol. The van der Waals surface area contributed by atoms with E-state index < -0.39 is 0 Å². The van der Waals surface area contributed by atoms with Crippen LogP contribution in [0, 0.1) is 0 Å². The van der Waals surface area contributed by atoms with Gasteiger partial charge in [0.15, 0.2) is 0 Å². The number of nitrogens with one attached hydrogen (secondary N) is 2. The third kappa shape index (κ3) is 4.47. The van der Waals surface area contributed by atoms with Gasteiger partial charge in [0.25, 0.3) is 5.91 Å². The van der Waals surface area contributed by atoms with Gasteiger partial charge in [0.1, 0.15) is 6.10 Å². The van der Waals surface area contributed by atoms with Gasteiger partial charge in [0.2, 0.25) is 0 Å². The Morgan fingerprint density at radius 2 is 2.38 bits per heavy atom. The van der Waals surface area contributed by atoms with Gasteiger partial charge in [-0.2, -0.15) is 0 Å². The van der Waals surface area contributed by atoms with Crippen molar-refractivity contribution < 1.29 is 9.53 Å². The lowest BCUT2D eigenvalue weighted by Crippen LogP contribution is -2.49. The molecule has 1 rings (SSSR count). The fourth-order valence-corrected chi connectivity index (χ4v) is 1.46. The molecule has 5 nitrogen and oxygen atoms in total. The zero-order valence-corrected chi connectivity index (χ0v) is 10.5. The summed E-state index contributed by atoms with van der Waals surface area (Å²) in [5.74, 6) is -0.00986. The summed E-state index contributed by atoms with van der Waals surface area (Å²) in [6.45, 7) is 7.87. The highest BCUT2D eigenvalue weighted by atomic mass is 16.5. The van der Waals surface area contributed by atoms with Crippen molar-refractivity contribution in [2.75, 3.05) is 39.8 Å². The van der Waals surface area contributed by atoms with E-state index in [1.165, 1.54) is 0 Å². The summed E-state index contributed by atoms with van der Waals surface area (Å²) in [5.41, 5.74) is 0. The summed E-state index contributed by atoms with van der Waals surface area (Å²) >= 11 is 0. The molecule has 0 radical (unpaired) electrons. The fourth-order valence-electron chi connectivity index (χ4n) is 1.46. The number of rotatable bonds is 5. The normalized spacial score (nSPS) is 21.4. The highest BCUT2D eigenvalue weighted by Crippen LogP contribution is 1.96. The lowest BCUT2D eigenvalue weighted by molar-refractivity contribution is -0.134. The Balaban J connectivity index is 2.14. The molecule has 1 atom stereocenters. The van der Waals surface area contributed by atoms with Gasteiger partial charge in [-0.05, 0) is 20.9 Å². The number of ether oxygens (including phenoxy) is 1. The van der Waals surface area contributed by atoms with Crippen LogP contribution in [-0.2, 0) is 9.53 Å². The zero-order chi connectivity index (χ0) is 12.0. The first-order valence-corrected chi connectivity index (χ1v) is 5.91. The predicted molar refractivity (Wildman–Crippen MR) is 63.4 cm³/mol. The Hall–Kier alpha value is -0.650. The molecule has 1 heterocycles. The molecule has 0 saturated carbocycles. The molecule has 1 unspecified atom stereocenters. The molecule has 2 N–H and O–H groups in total. The maximum atomic E-state index is 11.7. The minimum absolute atomic E-state index is 0.00986. The van der Waals surface area contributed by atoms with E-state index in [1.807, 2.05) is 0 Å². The topological polar surface area (TPSA) is 53.6 Å². The van der Waals surface area contributed by atoms with Crippen LogP contribution >= 0.6 is 0 Å². The van der Waals surface area contributed by atoms with Gasteiger partial charge in [-0.3, -0.25) is 4.79 Å². The highest BCUT2D eigenvalue weighted by molar-refractivity contribution is 5.81. The lowest BCUT2D eigenvalue weighted by atomic mass is 10.3. The summed E-state index contributed by atoms with van der Waals surface area (Å²) in [5, 5.41) is 6.03. The number of amides is 1. The smallest absolute Gasteiger partial charge is 0.250 e. The van der Waals surface area contributed by atoms with Crippen LogP contribution in [0.1, 0.15) is 13.8 Å². The van der Waals surface area contributed by atoms with Crippen molar-refractivity contribution in [3.05, 3.63) is 0 Å². The molecule has 0 aromatic heterocycles. The second kappa shape index (κ2) is 6.83. The number of carbonyl (C=O) groups is 1. The monoisotopic (exact) mass is 229 g/mol. The number of likely N-dealkylation sites (N-methyl/N-ethyl adjacent to an activating group) is 1. The van der Waals surface area contributed by atoms with Crippen molar-refractivity contribution >= 4 is 5.91 Å². The van der Waals surface area contributed by atoms with Crippen molar-refractivity contribution in [1.82, 2.24) is 15.5 Å². The number of hydrogen-bond donors (Lipinski definition) is 2. The van der Waals surface area contributed by atoms with E-state index in [2.05, 4.69) is 36.4 Å². The molecule has 0 aliphatic carbocycles. The number of nitrogens with zero attached hydrogens (tertiary/aromatic N) is 1. The van der Waals surface area contributed by atoms with Gasteiger partial charge >= 0.3 is 0 Å². The molecule has 5 heteroatoms. The molecular weight excluding hydrogens is 206 g/mol. The van der Waals surface area contributed by atoms with Gasteiger partial charge < -0.3 is 20.3 Å². The largest absolute Gasteiger partial charge is 0.366 e. The van der Waals surface area contributed by atoms with E-state index in [1.54, 1.807) is 0 Å². The second-order valence-electron chi connectivity index (χ2n) is 4.43. The Morgan fingerprint density at radius 1 is 1.62 bits per heavy atom. The van der Waals surface area contributed by atoms with Crippen LogP contribution in [0.25, 0.3) is 0 Å². The van der Waals surface area contributed by atoms with Gasteiger partial charge in [-0.15, -0.1) is 0 Å². The summed E-state index contributed by atoms with van der Waals surface area (Å²) in [6, 6.07) is 0.504. The standard InChI is InChI=1S/C11H23N3O2/c1-9(2)14(3)6-4-13-11(15)10-8-12-5-7-16-10/h9-10,12H,4-8H2,1-3H3,(H,13,15). The summed E-state index contributed by atoms with van der Waals surface area (Å²) in [4.78, 5) is 13.8. The Kier molecular flexibility index (Phi) is 5.73. The Labute approximate surface area is 97.5 Å². The molecule has 0 aromatic rings. The van der Waals surface area contributed by atoms with Crippen molar-refractivity contribution in [2.45, 2.75) is 26.0 Å². The number of hydrogen-bond acceptors (Lipinski definition) is 4. The van der Waals surface area contributed by atoms with Crippen molar-refractivity contribution in [2.24, 2.45) is 0 Å². The molecule has 1 aliphatic heterocycles. The quantitative estimate of drug-likeness (QED) is 0.663. The van der Waals surface area contributed by atoms with Crippen LogP contribution in [0.2, 0.25) is 0 Å². The molecule has 0 bridgehead atoms. The molecule has 1 fully saturated rings. The highest BCUT2D eigenvalue weighted by Gasteiger charge is 2.21. The van der Waals surface area contributed by atoms with Crippen LogP contribution in [0.3, 0.4) is 0 Å². The van der Waals surface area contributed by atoms with Gasteiger partial charge in [-0.25, -0.2) is 0 Å². The molecular formula is C11H23N3O2. The molecule has 0 aromatic carbocycles. The van der Waals surface area contributed by atoms with E-state index in [4.69, 9.17) is 4.74 Å². The third-order valence-corrected chi connectivity index (χ3v) is 2.87. The van der Waals surface area contributed by atoms with Gasteiger partial charge in [0.05, 0.1) is 6.61 Å². The van der Waals surface area contributed by atoms with Gasteiger partial charge in [-0.1, -0.05) is 0 Å². The van der Waals surface area contributed by atoms with Crippen LogP contribution < -0.4 is 10.6 Å². The maximum Gasteiger partial charge on any atom is 0.250 e. The number of carbonyl (C=O) groups excluding carboxylic acids is 1. The average Bonchev–Trinajstić information content (AvgIpc) is 2.29. The zero-order valence-electron chi connectivity index (χ0n) is 10.5. The summed E-state index contributed by atoms with van der Waals surface area (Å²) in [6.07, 6.45) is -0.321. The molecule has 1 saturated heterocycles. The third-order valence-electron chi connectivity index (χ3n) is 2.87. The number of morpholine rings is 1. The van der Waals surface area contributed by atoms with Crippen LogP contribution in [0.15, 0.2) is 0 Å². The molecule has 0 spiro atoms. The van der Waals surface area contributed by atoms with Crippen LogP contribution in [0.4, 0.5) is 0 Å². The fraction of sp³-hybridized carbons (Fsp3) is 0.909. The lowest BCUT2D eigenvalue weighted by Gasteiger charge is -2.24. The predicted octanol–water partition coefficient (Wildman–Crippen LogP) is -0.569. The van der Waals surface area contributed by atoms with E-state index in [9.17, 15) is 4.79 Å². The first-order valence-electron chi connectivity index (χ1n) is 5.91. The van der Waals surface area contributed by atoms with Crippen molar-refractivity contribution in [3.63, 3.8) is 0 Å². The van der Waals surface area contributed by atoms with E-state index in [-0.39, 0.29) is 12.0 Å². The minimum Gasteiger partial charge on any atom is -0.366 e. The molecule has 16 heavy (non-hydrogen) atoms. The molecule has 94 valence electrons. The first kappa shape index (κ1) is 13.4. The maximum absolute atomic E-state index is 11.7. The Bertz CT molecular complexity index is 215. The van der Waals surface area contributed by atoms with Crippen LogP contribution in [0.5, 0.6) is 0 Å². The van der Waals surface area contributed by atoms with Crippen molar-refractivity contribution in [3.8, 4) is 0 Å². The summed E-state index contributed by atoms with van der Waals surface area (Å²) in [7, 11) is 2.05. The summed E-state index contributed by atoms with van der Waals surface area (Å²) < 4.78 is 5.36.